The molecule has 0 aliphatic rings. The second kappa shape index (κ2) is 6.80. The number of furan rings is 1. The molecule has 0 bridgehead atoms. The number of hydrogen-bond acceptors (Lipinski definition) is 4. The van der Waals surface area contributed by atoms with Crippen molar-refractivity contribution < 1.29 is 23.8 Å². The molecule has 0 fully saturated rings. The molecule has 1 amide bonds. The van der Waals surface area contributed by atoms with Crippen molar-refractivity contribution >= 4 is 11.9 Å². The average molecular weight is 303 g/mol. The van der Waals surface area contributed by atoms with Crippen LogP contribution in [0.4, 0.5) is 0 Å². The van der Waals surface area contributed by atoms with E-state index >= 15 is 0 Å². The van der Waals surface area contributed by atoms with Crippen LogP contribution in [0.5, 0.6) is 5.75 Å². The summed E-state index contributed by atoms with van der Waals surface area (Å²) in [4.78, 5) is 24.2. The Bertz CT molecular complexity index is 677. The van der Waals surface area contributed by atoms with Crippen LogP contribution in [0.1, 0.15) is 26.7 Å². The van der Waals surface area contributed by atoms with E-state index in [2.05, 4.69) is 0 Å². The highest BCUT2D eigenvalue weighted by molar-refractivity contribution is 5.93. The zero-order chi connectivity index (χ0) is 16.1. The van der Waals surface area contributed by atoms with E-state index in [1.807, 2.05) is 31.2 Å². The van der Waals surface area contributed by atoms with Gasteiger partial charge in [-0.05, 0) is 30.7 Å². The van der Waals surface area contributed by atoms with Gasteiger partial charge in [-0.3, -0.25) is 4.79 Å². The molecule has 0 spiro atoms. The van der Waals surface area contributed by atoms with E-state index in [0.29, 0.717) is 13.2 Å². The first kappa shape index (κ1) is 15.6. The summed E-state index contributed by atoms with van der Waals surface area (Å²) in [5, 5.41) is 8.77. The number of nitrogens with zero attached hydrogens (tertiary/aromatic N) is 1. The van der Waals surface area contributed by atoms with Gasteiger partial charge in [-0.1, -0.05) is 18.2 Å². The Morgan fingerprint density at radius 3 is 2.50 bits per heavy atom. The van der Waals surface area contributed by atoms with E-state index in [9.17, 15) is 9.59 Å². The fourth-order valence-corrected chi connectivity index (χ4v) is 1.87. The summed E-state index contributed by atoms with van der Waals surface area (Å²) in [5.41, 5.74) is 1.02. The molecule has 0 aliphatic carbocycles. The van der Waals surface area contributed by atoms with Gasteiger partial charge in [0.25, 0.3) is 5.91 Å². The van der Waals surface area contributed by atoms with Gasteiger partial charge in [0.05, 0.1) is 6.54 Å². The van der Waals surface area contributed by atoms with Crippen LogP contribution in [-0.2, 0) is 0 Å². The lowest BCUT2D eigenvalue weighted by molar-refractivity contribution is 0.0651. The molecule has 0 unspecified atom stereocenters. The predicted molar refractivity (Wildman–Crippen MR) is 79.3 cm³/mol. The lowest BCUT2D eigenvalue weighted by Crippen LogP contribution is -2.30. The molecular weight excluding hydrogens is 286 g/mol. The highest BCUT2D eigenvalue weighted by Crippen LogP contribution is 2.16. The fourth-order valence-electron chi connectivity index (χ4n) is 1.87. The number of ether oxygens (including phenoxy) is 1. The molecule has 6 nitrogen and oxygen atoms in total. The Kier molecular flexibility index (Phi) is 4.83. The minimum absolute atomic E-state index is 0.00390. The van der Waals surface area contributed by atoms with Gasteiger partial charge >= 0.3 is 5.97 Å². The average Bonchev–Trinajstić information content (AvgIpc) is 2.98. The number of benzene rings is 1. The van der Waals surface area contributed by atoms with E-state index in [1.54, 1.807) is 7.05 Å². The molecule has 1 N–H and O–H groups in total. The van der Waals surface area contributed by atoms with E-state index in [-0.39, 0.29) is 17.4 Å². The number of aromatic carboxylic acids is 1. The van der Waals surface area contributed by atoms with Crippen LogP contribution >= 0.6 is 0 Å². The van der Waals surface area contributed by atoms with Crippen molar-refractivity contribution in [3.63, 3.8) is 0 Å². The first-order valence-electron chi connectivity index (χ1n) is 6.76. The van der Waals surface area contributed by atoms with Crippen molar-refractivity contribution in [3.05, 3.63) is 53.5 Å². The number of aryl methyl sites for hydroxylation is 1. The predicted octanol–water partition coefficient (Wildman–Crippen LogP) is 2.44. The molecule has 0 aliphatic heterocycles. The van der Waals surface area contributed by atoms with Crippen molar-refractivity contribution in [3.8, 4) is 5.75 Å². The minimum atomic E-state index is -1.20. The molecule has 1 heterocycles. The molecule has 0 atom stereocenters. The van der Waals surface area contributed by atoms with Gasteiger partial charge in [-0.25, -0.2) is 4.79 Å². The number of likely N-dealkylation sites (N-methyl/N-ethyl adjacent to an activating group) is 1. The molecule has 1 aromatic carbocycles. The number of rotatable bonds is 6. The number of hydrogen-bond donors (Lipinski definition) is 1. The largest absolute Gasteiger partial charge is 0.491 e. The van der Waals surface area contributed by atoms with Crippen LogP contribution in [0, 0.1) is 6.92 Å². The Morgan fingerprint density at radius 1 is 1.18 bits per heavy atom. The smallest absolute Gasteiger partial charge is 0.371 e. The third-order valence-corrected chi connectivity index (χ3v) is 3.15. The number of para-hydroxylation sites is 1. The Morgan fingerprint density at radius 2 is 1.86 bits per heavy atom. The van der Waals surface area contributed by atoms with E-state index in [4.69, 9.17) is 14.3 Å². The van der Waals surface area contributed by atoms with Crippen LogP contribution < -0.4 is 4.74 Å². The van der Waals surface area contributed by atoms with Crippen LogP contribution in [0.2, 0.25) is 0 Å². The molecule has 1 aromatic heterocycles. The van der Waals surface area contributed by atoms with Crippen LogP contribution in [0.15, 0.2) is 40.8 Å². The van der Waals surface area contributed by atoms with Gasteiger partial charge in [-0.15, -0.1) is 0 Å². The van der Waals surface area contributed by atoms with Gasteiger partial charge in [0, 0.05) is 7.05 Å². The van der Waals surface area contributed by atoms with Crippen LogP contribution in [-0.4, -0.2) is 42.1 Å². The molecule has 0 saturated carbocycles. The summed E-state index contributed by atoms with van der Waals surface area (Å²) in [6, 6.07) is 10.2. The first-order valence-corrected chi connectivity index (χ1v) is 6.76. The van der Waals surface area contributed by atoms with Gasteiger partial charge in [-0.2, -0.15) is 0 Å². The molecule has 0 radical (unpaired) electrons. The molecule has 0 saturated heterocycles. The highest BCUT2D eigenvalue weighted by atomic mass is 16.5. The van der Waals surface area contributed by atoms with Crippen molar-refractivity contribution in [2.24, 2.45) is 0 Å². The van der Waals surface area contributed by atoms with Gasteiger partial charge in [0.1, 0.15) is 12.4 Å². The fraction of sp³-hybridized carbons (Fsp3) is 0.250. The zero-order valence-electron chi connectivity index (χ0n) is 12.4. The third kappa shape index (κ3) is 3.66. The molecule has 116 valence electrons. The Balaban J connectivity index is 1.88. The maximum absolute atomic E-state index is 12.1. The second-order valence-electron chi connectivity index (χ2n) is 4.81. The van der Waals surface area contributed by atoms with Crippen LogP contribution in [0.25, 0.3) is 0 Å². The molecule has 2 rings (SSSR count). The number of amides is 1. The zero-order valence-corrected chi connectivity index (χ0v) is 12.4. The second-order valence-corrected chi connectivity index (χ2v) is 4.81. The SMILES string of the molecule is Cc1ccccc1OCCN(C)C(=O)c1ccc(C(=O)O)o1. The number of carbonyl (C=O) groups excluding carboxylic acids is 1. The van der Waals surface area contributed by atoms with Gasteiger partial charge in [0.2, 0.25) is 5.76 Å². The lowest BCUT2D eigenvalue weighted by Gasteiger charge is -2.16. The van der Waals surface area contributed by atoms with Crippen molar-refractivity contribution in [2.45, 2.75) is 6.92 Å². The summed E-state index contributed by atoms with van der Waals surface area (Å²) >= 11 is 0. The number of carboxylic acids is 1. The minimum Gasteiger partial charge on any atom is -0.491 e. The standard InChI is InChI=1S/C16H17NO5/c1-11-5-3-4-6-12(11)21-10-9-17(2)15(18)13-7-8-14(22-13)16(19)20/h3-8H,9-10H2,1-2H3,(H,19,20). The molecule has 6 heteroatoms. The summed E-state index contributed by atoms with van der Waals surface area (Å²) in [6.45, 7) is 2.64. The lowest BCUT2D eigenvalue weighted by atomic mass is 10.2. The van der Waals surface area contributed by atoms with E-state index < -0.39 is 5.97 Å². The third-order valence-electron chi connectivity index (χ3n) is 3.15. The Labute approximate surface area is 127 Å². The maximum atomic E-state index is 12.1. The van der Waals surface area contributed by atoms with Crippen LogP contribution in [0.3, 0.4) is 0 Å². The first-order chi connectivity index (χ1) is 10.5. The maximum Gasteiger partial charge on any atom is 0.371 e. The molecular formula is C16H17NO5. The van der Waals surface area contributed by atoms with E-state index in [1.165, 1.54) is 17.0 Å². The number of carbonyl (C=O) groups is 2. The topological polar surface area (TPSA) is 80.0 Å². The quantitative estimate of drug-likeness (QED) is 0.886. The van der Waals surface area contributed by atoms with Gasteiger partial charge < -0.3 is 19.2 Å². The monoisotopic (exact) mass is 303 g/mol. The van der Waals surface area contributed by atoms with Gasteiger partial charge in [0.15, 0.2) is 5.76 Å². The normalized spacial score (nSPS) is 10.3. The van der Waals surface area contributed by atoms with Crippen molar-refractivity contribution in [1.82, 2.24) is 4.90 Å². The van der Waals surface area contributed by atoms with Crippen molar-refractivity contribution in [2.75, 3.05) is 20.2 Å². The van der Waals surface area contributed by atoms with E-state index in [0.717, 1.165) is 11.3 Å². The number of carboxylic acid groups (broad SMARTS) is 1. The summed E-state index contributed by atoms with van der Waals surface area (Å²) in [7, 11) is 1.60. The molecule has 22 heavy (non-hydrogen) atoms. The summed E-state index contributed by atoms with van der Waals surface area (Å²) in [6.07, 6.45) is 0. The summed E-state index contributed by atoms with van der Waals surface area (Å²) in [5.74, 6) is -1.08. The summed E-state index contributed by atoms with van der Waals surface area (Å²) < 4.78 is 10.6. The highest BCUT2D eigenvalue weighted by Gasteiger charge is 2.18. The Hall–Kier alpha value is -2.76. The van der Waals surface area contributed by atoms with Crippen molar-refractivity contribution in [1.29, 1.82) is 0 Å². The molecule has 2 aromatic rings.